The van der Waals surface area contributed by atoms with Crippen molar-refractivity contribution in [2.75, 3.05) is 0 Å². The molecule has 0 nitrogen and oxygen atoms in total. The summed E-state index contributed by atoms with van der Waals surface area (Å²) in [5, 5.41) is 0. The van der Waals surface area contributed by atoms with Gasteiger partial charge in [0.05, 0.1) is 0 Å². The molecule has 0 heterocycles. The van der Waals surface area contributed by atoms with Gasteiger partial charge in [-0.1, -0.05) is 19.8 Å². The van der Waals surface area contributed by atoms with Crippen LogP contribution < -0.4 is 0 Å². The second-order valence-corrected chi connectivity index (χ2v) is 1.21. The standard InChI is InChI=1S/C5H11.Ru/c1-3-5-4-2;/h1,3-5H2,2H3;/q-1;+1. The van der Waals surface area contributed by atoms with Gasteiger partial charge in [0, 0.05) is 0 Å². The third-order valence-electron chi connectivity index (χ3n) is 0.604. The Balaban J connectivity index is 0. The molecule has 0 unspecified atom stereocenters. The summed E-state index contributed by atoms with van der Waals surface area (Å²) in [6.07, 6.45) is 3.65. The Hall–Kier alpha value is 0.623. The van der Waals surface area contributed by atoms with Crippen molar-refractivity contribution in [2.24, 2.45) is 0 Å². The predicted molar refractivity (Wildman–Crippen MR) is 24.9 cm³/mol. The smallest absolute Gasteiger partial charge is 0.343 e. The molecule has 6 heavy (non-hydrogen) atoms. The molecule has 0 aromatic carbocycles. The molecular formula is C5H11Ru. The van der Waals surface area contributed by atoms with E-state index in [-0.39, 0.29) is 19.5 Å². The molecule has 0 saturated heterocycles. The van der Waals surface area contributed by atoms with E-state index in [1.165, 1.54) is 12.8 Å². The normalized spacial score (nSPS) is 7.00. The van der Waals surface area contributed by atoms with Gasteiger partial charge in [-0.2, -0.15) is 6.42 Å². The first-order valence-corrected chi connectivity index (χ1v) is 2.21. The third-order valence-corrected chi connectivity index (χ3v) is 0.604. The maximum Gasteiger partial charge on any atom is 1.00 e. The second kappa shape index (κ2) is 9.16. The summed E-state index contributed by atoms with van der Waals surface area (Å²) in [6, 6.07) is 0. The van der Waals surface area contributed by atoms with Crippen molar-refractivity contribution in [3.05, 3.63) is 6.92 Å². The summed E-state index contributed by atoms with van der Waals surface area (Å²) in [5.41, 5.74) is 0. The van der Waals surface area contributed by atoms with Crippen molar-refractivity contribution in [2.45, 2.75) is 26.2 Å². The van der Waals surface area contributed by atoms with E-state index in [4.69, 9.17) is 0 Å². The SMILES string of the molecule is [CH2-]CCCC.[Ru+]. The summed E-state index contributed by atoms with van der Waals surface area (Å²) < 4.78 is 0. The van der Waals surface area contributed by atoms with Crippen LogP contribution >= 0.6 is 0 Å². The van der Waals surface area contributed by atoms with Crippen LogP contribution in [0.5, 0.6) is 0 Å². The molecule has 0 spiro atoms. The molecule has 39 valence electrons. The van der Waals surface area contributed by atoms with Crippen LogP contribution in [0.1, 0.15) is 26.2 Å². The zero-order chi connectivity index (χ0) is 4.12. The minimum atomic E-state index is 0. The van der Waals surface area contributed by atoms with Crippen molar-refractivity contribution in [3.8, 4) is 0 Å². The topological polar surface area (TPSA) is 0 Å². The first-order valence-electron chi connectivity index (χ1n) is 2.21. The van der Waals surface area contributed by atoms with Gasteiger partial charge in [-0.25, -0.2) is 0 Å². The first-order chi connectivity index (χ1) is 2.41. The van der Waals surface area contributed by atoms with E-state index < -0.39 is 0 Å². The molecule has 0 amide bonds. The van der Waals surface area contributed by atoms with Crippen LogP contribution in [-0.2, 0) is 19.5 Å². The van der Waals surface area contributed by atoms with Gasteiger partial charge in [0.15, 0.2) is 0 Å². The van der Waals surface area contributed by atoms with E-state index >= 15 is 0 Å². The predicted octanol–water partition coefficient (Wildman–Crippen LogP) is 2.01. The summed E-state index contributed by atoms with van der Waals surface area (Å²) in [4.78, 5) is 0. The third kappa shape index (κ3) is 8.82. The van der Waals surface area contributed by atoms with E-state index in [0.29, 0.717) is 0 Å². The molecule has 0 fully saturated rings. The molecule has 0 bridgehead atoms. The fraction of sp³-hybridized carbons (Fsp3) is 0.800. The summed E-state index contributed by atoms with van der Waals surface area (Å²) >= 11 is 0. The number of rotatable bonds is 2. The van der Waals surface area contributed by atoms with Gasteiger partial charge < -0.3 is 6.92 Å². The van der Waals surface area contributed by atoms with Gasteiger partial charge in [0.2, 0.25) is 0 Å². The minimum absolute atomic E-state index is 0. The Kier molecular flexibility index (Phi) is 15.0. The monoisotopic (exact) mass is 173 g/mol. The van der Waals surface area contributed by atoms with Gasteiger partial charge in [0.25, 0.3) is 0 Å². The van der Waals surface area contributed by atoms with Crippen molar-refractivity contribution >= 4 is 0 Å². The maximum atomic E-state index is 3.68. The number of hydrogen-bond acceptors (Lipinski definition) is 0. The molecule has 0 N–H and O–H groups in total. The maximum absolute atomic E-state index is 3.68. The van der Waals surface area contributed by atoms with E-state index in [0.717, 1.165) is 6.42 Å². The van der Waals surface area contributed by atoms with Crippen molar-refractivity contribution in [1.82, 2.24) is 0 Å². The van der Waals surface area contributed by atoms with Crippen LogP contribution in [0.2, 0.25) is 0 Å². The zero-order valence-corrected chi connectivity index (χ0v) is 5.92. The van der Waals surface area contributed by atoms with Crippen molar-refractivity contribution in [3.63, 3.8) is 0 Å². The molecule has 0 aromatic rings. The Bertz CT molecular complexity index is 11.4. The summed E-state index contributed by atoms with van der Waals surface area (Å²) in [5.74, 6) is 0. The van der Waals surface area contributed by atoms with Crippen LogP contribution in [0, 0.1) is 6.92 Å². The van der Waals surface area contributed by atoms with Gasteiger partial charge in [-0.15, -0.1) is 0 Å². The molecule has 0 saturated carbocycles. The molecule has 0 aliphatic rings. The molecule has 1 radical (unpaired) electrons. The Morgan fingerprint density at radius 1 is 1.50 bits per heavy atom. The molecule has 0 aromatic heterocycles. The number of unbranched alkanes of at least 4 members (excludes halogenated alkanes) is 2. The average molecular weight is 172 g/mol. The summed E-state index contributed by atoms with van der Waals surface area (Å²) in [6.45, 7) is 5.85. The van der Waals surface area contributed by atoms with E-state index in [1.807, 2.05) is 0 Å². The first kappa shape index (κ1) is 9.80. The largest absolute Gasteiger partial charge is 1.00 e. The van der Waals surface area contributed by atoms with Crippen LogP contribution in [0.25, 0.3) is 0 Å². The van der Waals surface area contributed by atoms with E-state index in [2.05, 4.69) is 13.8 Å². The molecular weight excluding hydrogens is 161 g/mol. The van der Waals surface area contributed by atoms with Crippen molar-refractivity contribution < 1.29 is 19.5 Å². The Labute approximate surface area is 53.1 Å². The van der Waals surface area contributed by atoms with Gasteiger partial charge >= 0.3 is 19.5 Å². The Morgan fingerprint density at radius 3 is 2.00 bits per heavy atom. The summed E-state index contributed by atoms with van der Waals surface area (Å²) in [7, 11) is 0. The van der Waals surface area contributed by atoms with E-state index in [9.17, 15) is 0 Å². The fourth-order valence-corrected chi connectivity index (χ4v) is 0.250. The molecule has 1 heteroatoms. The molecule has 0 aliphatic heterocycles. The van der Waals surface area contributed by atoms with Crippen molar-refractivity contribution in [1.29, 1.82) is 0 Å². The van der Waals surface area contributed by atoms with Gasteiger partial charge in [0.1, 0.15) is 0 Å². The van der Waals surface area contributed by atoms with Crippen LogP contribution in [-0.4, -0.2) is 0 Å². The zero-order valence-electron chi connectivity index (χ0n) is 4.18. The second-order valence-electron chi connectivity index (χ2n) is 1.21. The van der Waals surface area contributed by atoms with Gasteiger partial charge in [-0.3, -0.25) is 0 Å². The molecule has 0 rings (SSSR count). The fourth-order valence-electron chi connectivity index (χ4n) is 0.250. The van der Waals surface area contributed by atoms with Crippen LogP contribution in [0.4, 0.5) is 0 Å². The van der Waals surface area contributed by atoms with E-state index in [1.54, 1.807) is 0 Å². The minimum Gasteiger partial charge on any atom is -0.343 e. The molecule has 0 atom stereocenters. The Morgan fingerprint density at radius 2 is 2.00 bits per heavy atom. The van der Waals surface area contributed by atoms with Crippen LogP contribution in [0.3, 0.4) is 0 Å². The van der Waals surface area contributed by atoms with Gasteiger partial charge in [-0.05, 0) is 0 Å². The quantitative estimate of drug-likeness (QED) is 0.441. The average Bonchev–Trinajstić information content (AvgIpc) is 1.41. The number of hydrogen-bond donors (Lipinski definition) is 0. The molecule has 0 aliphatic carbocycles. The van der Waals surface area contributed by atoms with Crippen LogP contribution in [0.15, 0.2) is 0 Å².